The van der Waals surface area contributed by atoms with E-state index in [9.17, 15) is 9.59 Å². The Balaban J connectivity index is 1.99. The number of nitrogens with zero attached hydrogens (tertiary/aromatic N) is 1. The fourth-order valence-electron chi connectivity index (χ4n) is 2.57. The summed E-state index contributed by atoms with van der Waals surface area (Å²) in [7, 11) is 0. The molecule has 1 N–H and O–H groups in total. The number of hydrogen-bond acceptors (Lipinski definition) is 3. The average molecular weight is 240 g/mol. The van der Waals surface area contributed by atoms with Crippen LogP contribution in [0.1, 0.15) is 33.6 Å². The molecule has 5 nitrogen and oxygen atoms in total. The number of rotatable bonds is 3. The van der Waals surface area contributed by atoms with Gasteiger partial charge in [-0.25, -0.2) is 0 Å². The van der Waals surface area contributed by atoms with Crippen LogP contribution in [0.4, 0.5) is 0 Å². The summed E-state index contributed by atoms with van der Waals surface area (Å²) in [5.41, 5.74) is 0. The molecule has 2 amide bonds. The van der Waals surface area contributed by atoms with Gasteiger partial charge in [-0.3, -0.25) is 9.59 Å². The van der Waals surface area contributed by atoms with Gasteiger partial charge in [-0.15, -0.1) is 0 Å². The number of amides is 2. The molecule has 1 aliphatic heterocycles. The quantitative estimate of drug-likeness (QED) is 0.771. The third-order valence-corrected chi connectivity index (χ3v) is 3.65. The molecule has 2 unspecified atom stereocenters. The summed E-state index contributed by atoms with van der Waals surface area (Å²) in [5, 5.41) is 2.69. The summed E-state index contributed by atoms with van der Waals surface area (Å²) in [6.07, 6.45) is 1.96. The molecule has 1 heterocycles. The second kappa shape index (κ2) is 4.64. The lowest BCUT2D eigenvalue weighted by Gasteiger charge is -2.47. The van der Waals surface area contributed by atoms with Crippen molar-refractivity contribution in [1.82, 2.24) is 10.2 Å². The van der Waals surface area contributed by atoms with Crippen molar-refractivity contribution < 1.29 is 14.3 Å². The zero-order valence-electron chi connectivity index (χ0n) is 10.6. The van der Waals surface area contributed by atoms with E-state index in [0.717, 1.165) is 12.8 Å². The Hall–Kier alpha value is -1.10. The van der Waals surface area contributed by atoms with Crippen molar-refractivity contribution in [2.24, 2.45) is 0 Å². The minimum atomic E-state index is -0.398. The molecular weight excluding hydrogens is 220 g/mol. The zero-order chi connectivity index (χ0) is 12.6. The zero-order valence-corrected chi connectivity index (χ0v) is 10.6. The van der Waals surface area contributed by atoms with Crippen LogP contribution in [-0.2, 0) is 14.3 Å². The van der Waals surface area contributed by atoms with Crippen LogP contribution in [0.25, 0.3) is 0 Å². The molecule has 5 heteroatoms. The number of hydrogen-bond donors (Lipinski definition) is 1. The average Bonchev–Trinajstić information content (AvgIpc) is 2.23. The SMILES string of the molecule is CCOC1CC(N2C(=O)C(C)NC(=O)C2C)C1. The maximum atomic E-state index is 12.1. The van der Waals surface area contributed by atoms with Gasteiger partial charge in [-0.2, -0.15) is 0 Å². The van der Waals surface area contributed by atoms with Crippen LogP contribution in [0, 0.1) is 0 Å². The third-order valence-electron chi connectivity index (χ3n) is 3.65. The predicted molar refractivity (Wildman–Crippen MR) is 62.3 cm³/mol. The lowest BCUT2D eigenvalue weighted by atomic mass is 9.85. The van der Waals surface area contributed by atoms with Crippen molar-refractivity contribution in [3.05, 3.63) is 0 Å². The van der Waals surface area contributed by atoms with E-state index in [1.54, 1.807) is 18.7 Å². The Morgan fingerprint density at radius 1 is 1.35 bits per heavy atom. The van der Waals surface area contributed by atoms with Crippen molar-refractivity contribution >= 4 is 11.8 Å². The second-order valence-electron chi connectivity index (χ2n) is 4.85. The van der Waals surface area contributed by atoms with Crippen molar-refractivity contribution in [3.8, 4) is 0 Å². The van der Waals surface area contributed by atoms with E-state index >= 15 is 0 Å². The molecule has 0 aromatic heterocycles. The third kappa shape index (κ3) is 2.16. The van der Waals surface area contributed by atoms with E-state index in [-0.39, 0.29) is 30.0 Å². The van der Waals surface area contributed by atoms with E-state index in [0.29, 0.717) is 6.61 Å². The van der Waals surface area contributed by atoms with Gasteiger partial charge in [0.25, 0.3) is 0 Å². The molecule has 1 aliphatic carbocycles. The molecule has 2 rings (SSSR count). The van der Waals surface area contributed by atoms with Crippen LogP contribution in [0.3, 0.4) is 0 Å². The Labute approximate surface area is 101 Å². The van der Waals surface area contributed by atoms with Gasteiger partial charge in [0.05, 0.1) is 6.10 Å². The van der Waals surface area contributed by atoms with Gasteiger partial charge in [0.1, 0.15) is 12.1 Å². The maximum absolute atomic E-state index is 12.1. The van der Waals surface area contributed by atoms with Gasteiger partial charge in [0, 0.05) is 12.6 Å². The fraction of sp³-hybridized carbons (Fsp3) is 0.833. The van der Waals surface area contributed by atoms with Crippen molar-refractivity contribution in [2.45, 2.75) is 57.8 Å². The summed E-state index contributed by atoms with van der Waals surface area (Å²) < 4.78 is 5.48. The van der Waals surface area contributed by atoms with Crippen LogP contribution in [0.5, 0.6) is 0 Å². The van der Waals surface area contributed by atoms with Crippen molar-refractivity contribution in [2.75, 3.05) is 6.61 Å². The normalized spacial score (nSPS) is 37.7. The van der Waals surface area contributed by atoms with Gasteiger partial charge in [-0.1, -0.05) is 0 Å². The number of carbonyl (C=O) groups excluding carboxylic acids is 2. The fourth-order valence-corrected chi connectivity index (χ4v) is 2.57. The molecule has 2 atom stereocenters. The molecule has 96 valence electrons. The Bertz CT molecular complexity index is 326. The van der Waals surface area contributed by atoms with Crippen molar-refractivity contribution in [3.63, 3.8) is 0 Å². The summed E-state index contributed by atoms with van der Waals surface area (Å²) in [4.78, 5) is 25.5. The topological polar surface area (TPSA) is 58.6 Å². The number of ether oxygens (including phenoxy) is 1. The van der Waals surface area contributed by atoms with Gasteiger partial charge in [-0.05, 0) is 33.6 Å². The molecule has 0 aromatic rings. The molecular formula is C12H20N2O3. The largest absolute Gasteiger partial charge is 0.378 e. The maximum Gasteiger partial charge on any atom is 0.245 e. The van der Waals surface area contributed by atoms with Crippen LogP contribution in [-0.4, -0.2) is 47.6 Å². The summed E-state index contributed by atoms with van der Waals surface area (Å²) in [5.74, 6) is -0.0333. The second-order valence-corrected chi connectivity index (χ2v) is 4.85. The van der Waals surface area contributed by atoms with Gasteiger partial charge < -0.3 is 15.0 Å². The monoisotopic (exact) mass is 240 g/mol. The van der Waals surface area contributed by atoms with E-state index in [1.165, 1.54) is 0 Å². The summed E-state index contributed by atoms with van der Waals surface area (Å²) in [6.45, 7) is 6.19. The van der Waals surface area contributed by atoms with Gasteiger partial charge >= 0.3 is 0 Å². The molecule has 17 heavy (non-hydrogen) atoms. The lowest BCUT2D eigenvalue weighted by molar-refractivity contribution is -0.157. The van der Waals surface area contributed by atoms with E-state index in [2.05, 4.69) is 5.32 Å². The molecule has 1 saturated heterocycles. The van der Waals surface area contributed by atoms with E-state index in [1.807, 2.05) is 6.92 Å². The Kier molecular flexibility index (Phi) is 3.38. The van der Waals surface area contributed by atoms with Crippen LogP contribution >= 0.6 is 0 Å². The van der Waals surface area contributed by atoms with Crippen LogP contribution < -0.4 is 5.32 Å². The van der Waals surface area contributed by atoms with Crippen molar-refractivity contribution in [1.29, 1.82) is 0 Å². The molecule has 0 radical (unpaired) electrons. The molecule has 0 bridgehead atoms. The van der Waals surface area contributed by atoms with E-state index in [4.69, 9.17) is 4.74 Å². The highest BCUT2D eigenvalue weighted by molar-refractivity contribution is 5.96. The van der Waals surface area contributed by atoms with Gasteiger partial charge in [0.15, 0.2) is 0 Å². The summed E-state index contributed by atoms with van der Waals surface area (Å²) in [6, 6.07) is -0.585. The highest BCUT2D eigenvalue weighted by Crippen LogP contribution is 2.31. The lowest BCUT2D eigenvalue weighted by Crippen LogP contribution is -2.66. The molecule has 0 aromatic carbocycles. The highest BCUT2D eigenvalue weighted by atomic mass is 16.5. The first kappa shape index (κ1) is 12.4. The van der Waals surface area contributed by atoms with E-state index < -0.39 is 6.04 Å². The summed E-state index contributed by atoms with van der Waals surface area (Å²) >= 11 is 0. The molecule has 1 saturated carbocycles. The molecule has 2 aliphatic rings. The predicted octanol–water partition coefficient (Wildman–Crippen LogP) is 0.289. The van der Waals surface area contributed by atoms with Gasteiger partial charge in [0.2, 0.25) is 11.8 Å². The smallest absolute Gasteiger partial charge is 0.245 e. The standard InChI is InChI=1S/C12H20N2O3/c1-4-17-10-5-9(6-10)14-8(3)11(15)13-7(2)12(14)16/h7-10H,4-6H2,1-3H3,(H,13,15). The Morgan fingerprint density at radius 3 is 2.59 bits per heavy atom. The first-order chi connectivity index (χ1) is 8.04. The number of piperazine rings is 1. The molecule has 0 spiro atoms. The van der Waals surface area contributed by atoms with Crippen LogP contribution in [0.15, 0.2) is 0 Å². The van der Waals surface area contributed by atoms with Crippen LogP contribution in [0.2, 0.25) is 0 Å². The first-order valence-electron chi connectivity index (χ1n) is 6.28. The number of nitrogens with one attached hydrogen (secondary N) is 1. The number of carbonyl (C=O) groups is 2. The minimum absolute atomic E-state index is 0.0250. The minimum Gasteiger partial charge on any atom is -0.378 e. The Morgan fingerprint density at radius 2 is 2.00 bits per heavy atom. The molecule has 2 fully saturated rings. The highest BCUT2D eigenvalue weighted by Gasteiger charge is 2.44. The first-order valence-corrected chi connectivity index (χ1v) is 6.28.